The van der Waals surface area contributed by atoms with Gasteiger partial charge in [-0.05, 0) is 37.1 Å². The van der Waals surface area contributed by atoms with Crippen molar-refractivity contribution in [3.8, 4) is 5.75 Å². The molecular formula is C21H29NO3. The van der Waals surface area contributed by atoms with E-state index in [2.05, 4.69) is 29.2 Å². The quantitative estimate of drug-likeness (QED) is 0.717. The van der Waals surface area contributed by atoms with Gasteiger partial charge in [0.2, 0.25) is 0 Å². The SMILES string of the molecule is COc1ccc(CN(Cc2ccccc2)CC(O)COC(C)C)cc1. The average Bonchev–Trinajstić information content (AvgIpc) is 2.61. The molecule has 0 radical (unpaired) electrons. The first-order valence-corrected chi connectivity index (χ1v) is 8.75. The Morgan fingerprint density at radius 2 is 1.52 bits per heavy atom. The lowest BCUT2D eigenvalue weighted by Gasteiger charge is -2.26. The summed E-state index contributed by atoms with van der Waals surface area (Å²) in [5.41, 5.74) is 2.42. The third-order valence-corrected chi connectivity index (χ3v) is 3.91. The predicted octanol–water partition coefficient (Wildman–Crippen LogP) is 3.48. The van der Waals surface area contributed by atoms with Gasteiger partial charge in [0.25, 0.3) is 0 Å². The molecule has 0 aromatic heterocycles. The van der Waals surface area contributed by atoms with Crippen LogP contribution in [-0.2, 0) is 17.8 Å². The van der Waals surface area contributed by atoms with E-state index >= 15 is 0 Å². The molecular weight excluding hydrogens is 314 g/mol. The van der Waals surface area contributed by atoms with Gasteiger partial charge in [0.1, 0.15) is 5.75 Å². The zero-order valence-electron chi connectivity index (χ0n) is 15.4. The zero-order chi connectivity index (χ0) is 18.1. The summed E-state index contributed by atoms with van der Waals surface area (Å²) < 4.78 is 10.8. The summed E-state index contributed by atoms with van der Waals surface area (Å²) >= 11 is 0. The molecule has 0 saturated carbocycles. The van der Waals surface area contributed by atoms with Crippen molar-refractivity contribution < 1.29 is 14.6 Å². The summed E-state index contributed by atoms with van der Waals surface area (Å²) in [6, 6.07) is 18.4. The van der Waals surface area contributed by atoms with Crippen LogP contribution in [0, 0.1) is 0 Å². The lowest BCUT2D eigenvalue weighted by molar-refractivity contribution is -0.0106. The monoisotopic (exact) mass is 343 g/mol. The molecule has 0 fully saturated rings. The minimum absolute atomic E-state index is 0.124. The van der Waals surface area contributed by atoms with Crippen molar-refractivity contribution in [3.63, 3.8) is 0 Å². The number of aliphatic hydroxyl groups is 1. The lowest BCUT2D eigenvalue weighted by Crippen LogP contribution is -2.34. The van der Waals surface area contributed by atoms with E-state index in [9.17, 15) is 5.11 Å². The number of hydrogen-bond donors (Lipinski definition) is 1. The van der Waals surface area contributed by atoms with E-state index < -0.39 is 6.10 Å². The Morgan fingerprint density at radius 3 is 2.08 bits per heavy atom. The van der Waals surface area contributed by atoms with Crippen molar-refractivity contribution >= 4 is 0 Å². The number of nitrogens with zero attached hydrogens (tertiary/aromatic N) is 1. The molecule has 2 rings (SSSR count). The van der Waals surface area contributed by atoms with Crippen LogP contribution in [-0.4, -0.2) is 42.5 Å². The molecule has 0 heterocycles. The molecule has 2 aromatic carbocycles. The van der Waals surface area contributed by atoms with Gasteiger partial charge in [-0.25, -0.2) is 0 Å². The van der Waals surface area contributed by atoms with Crippen LogP contribution in [0.15, 0.2) is 54.6 Å². The van der Waals surface area contributed by atoms with Crippen LogP contribution in [0.2, 0.25) is 0 Å². The minimum atomic E-state index is -0.510. The average molecular weight is 343 g/mol. The highest BCUT2D eigenvalue weighted by Crippen LogP contribution is 2.15. The van der Waals surface area contributed by atoms with E-state index in [1.165, 1.54) is 11.1 Å². The Bertz CT molecular complexity index is 598. The molecule has 0 aliphatic carbocycles. The summed E-state index contributed by atoms with van der Waals surface area (Å²) in [5, 5.41) is 10.3. The summed E-state index contributed by atoms with van der Waals surface area (Å²) in [6.07, 6.45) is -0.386. The fraction of sp³-hybridized carbons (Fsp3) is 0.429. The van der Waals surface area contributed by atoms with Crippen molar-refractivity contribution in [1.82, 2.24) is 4.90 Å². The molecule has 1 atom stereocenters. The van der Waals surface area contributed by atoms with E-state index in [1.807, 2.05) is 44.2 Å². The maximum absolute atomic E-state index is 10.3. The number of benzene rings is 2. The van der Waals surface area contributed by atoms with Crippen LogP contribution in [0.3, 0.4) is 0 Å². The van der Waals surface area contributed by atoms with Crippen molar-refractivity contribution in [2.45, 2.75) is 39.1 Å². The molecule has 0 amide bonds. The summed E-state index contributed by atoms with van der Waals surface area (Å²) in [5.74, 6) is 0.851. The summed E-state index contributed by atoms with van der Waals surface area (Å²) in [7, 11) is 1.67. The van der Waals surface area contributed by atoms with Gasteiger partial charge in [-0.15, -0.1) is 0 Å². The fourth-order valence-corrected chi connectivity index (χ4v) is 2.67. The topological polar surface area (TPSA) is 41.9 Å². The summed E-state index contributed by atoms with van der Waals surface area (Å²) in [6.45, 7) is 6.42. The highest BCUT2D eigenvalue weighted by molar-refractivity contribution is 5.27. The molecule has 0 aliphatic rings. The maximum atomic E-state index is 10.3. The third-order valence-electron chi connectivity index (χ3n) is 3.91. The molecule has 0 saturated heterocycles. The van der Waals surface area contributed by atoms with Crippen LogP contribution in [0.5, 0.6) is 5.75 Å². The Balaban J connectivity index is 2.02. The van der Waals surface area contributed by atoms with Gasteiger partial charge in [0.05, 0.1) is 25.9 Å². The Hall–Kier alpha value is -1.88. The smallest absolute Gasteiger partial charge is 0.118 e. The van der Waals surface area contributed by atoms with Gasteiger partial charge in [-0.1, -0.05) is 42.5 Å². The molecule has 0 spiro atoms. The van der Waals surface area contributed by atoms with E-state index in [0.29, 0.717) is 13.2 Å². The number of aliphatic hydroxyl groups excluding tert-OH is 1. The first-order valence-electron chi connectivity index (χ1n) is 8.75. The molecule has 4 nitrogen and oxygen atoms in total. The van der Waals surface area contributed by atoms with E-state index in [4.69, 9.17) is 9.47 Å². The van der Waals surface area contributed by atoms with E-state index in [-0.39, 0.29) is 6.10 Å². The Morgan fingerprint density at radius 1 is 0.920 bits per heavy atom. The molecule has 0 bridgehead atoms. The second-order valence-corrected chi connectivity index (χ2v) is 6.54. The van der Waals surface area contributed by atoms with Crippen molar-refractivity contribution in [2.75, 3.05) is 20.3 Å². The van der Waals surface area contributed by atoms with Crippen LogP contribution >= 0.6 is 0 Å². The van der Waals surface area contributed by atoms with E-state index in [0.717, 1.165) is 18.8 Å². The Labute approximate surface area is 151 Å². The number of hydrogen-bond acceptors (Lipinski definition) is 4. The number of ether oxygens (including phenoxy) is 2. The molecule has 1 unspecified atom stereocenters. The van der Waals surface area contributed by atoms with Gasteiger partial charge < -0.3 is 14.6 Å². The largest absolute Gasteiger partial charge is 0.497 e. The minimum Gasteiger partial charge on any atom is -0.497 e. The first kappa shape index (κ1) is 19.4. The Kier molecular flexibility index (Phi) is 7.92. The second-order valence-electron chi connectivity index (χ2n) is 6.54. The number of methoxy groups -OCH3 is 1. The molecule has 4 heteroatoms. The highest BCUT2D eigenvalue weighted by atomic mass is 16.5. The van der Waals surface area contributed by atoms with Gasteiger partial charge in [-0.2, -0.15) is 0 Å². The zero-order valence-corrected chi connectivity index (χ0v) is 15.4. The van der Waals surface area contributed by atoms with Gasteiger partial charge in [0.15, 0.2) is 0 Å². The number of rotatable bonds is 10. The summed E-state index contributed by atoms with van der Waals surface area (Å²) in [4.78, 5) is 2.24. The van der Waals surface area contributed by atoms with Gasteiger partial charge in [-0.3, -0.25) is 4.90 Å². The normalized spacial score (nSPS) is 12.6. The van der Waals surface area contributed by atoms with Crippen LogP contribution in [0.4, 0.5) is 0 Å². The predicted molar refractivity (Wildman–Crippen MR) is 101 cm³/mol. The van der Waals surface area contributed by atoms with E-state index in [1.54, 1.807) is 7.11 Å². The first-order chi connectivity index (χ1) is 12.1. The van der Waals surface area contributed by atoms with Gasteiger partial charge >= 0.3 is 0 Å². The van der Waals surface area contributed by atoms with Crippen molar-refractivity contribution in [1.29, 1.82) is 0 Å². The second kappa shape index (κ2) is 10.2. The van der Waals surface area contributed by atoms with Crippen LogP contribution in [0.25, 0.3) is 0 Å². The molecule has 136 valence electrons. The van der Waals surface area contributed by atoms with Crippen LogP contribution in [0.1, 0.15) is 25.0 Å². The molecule has 1 N–H and O–H groups in total. The van der Waals surface area contributed by atoms with Gasteiger partial charge in [0, 0.05) is 19.6 Å². The molecule has 0 aliphatic heterocycles. The highest BCUT2D eigenvalue weighted by Gasteiger charge is 2.14. The lowest BCUT2D eigenvalue weighted by atomic mass is 10.1. The van der Waals surface area contributed by atoms with Crippen molar-refractivity contribution in [3.05, 3.63) is 65.7 Å². The third kappa shape index (κ3) is 7.26. The maximum Gasteiger partial charge on any atom is 0.118 e. The standard InChI is InChI=1S/C21H29NO3/c1-17(2)25-16-20(23)15-22(13-18-7-5-4-6-8-18)14-19-9-11-21(24-3)12-10-19/h4-12,17,20,23H,13-16H2,1-3H3. The molecule has 25 heavy (non-hydrogen) atoms. The van der Waals surface area contributed by atoms with Crippen LogP contribution < -0.4 is 4.74 Å². The van der Waals surface area contributed by atoms with Crippen molar-refractivity contribution in [2.24, 2.45) is 0 Å². The molecule has 2 aromatic rings. The fourth-order valence-electron chi connectivity index (χ4n) is 2.67.